The number of fused-ring (bicyclic) bond motifs is 1. The van der Waals surface area contributed by atoms with Crippen LogP contribution in [0.5, 0.6) is 0 Å². The Bertz CT molecular complexity index is 631. The van der Waals surface area contributed by atoms with E-state index in [9.17, 15) is 0 Å². The van der Waals surface area contributed by atoms with Crippen molar-refractivity contribution < 1.29 is 0 Å². The lowest BCUT2D eigenvalue weighted by Gasteiger charge is -2.01. The lowest BCUT2D eigenvalue weighted by atomic mass is 10.1. The molecule has 17 heavy (non-hydrogen) atoms. The quantitative estimate of drug-likeness (QED) is 0.674. The van der Waals surface area contributed by atoms with E-state index in [4.69, 9.17) is 5.73 Å². The van der Waals surface area contributed by atoms with Gasteiger partial charge in [0.05, 0.1) is 15.7 Å². The summed E-state index contributed by atoms with van der Waals surface area (Å²) in [6.07, 6.45) is 0. The molecule has 4 heteroatoms. The Morgan fingerprint density at radius 1 is 0.941 bits per heavy atom. The van der Waals surface area contributed by atoms with Gasteiger partial charge in [0.1, 0.15) is 0 Å². The smallest absolute Gasteiger partial charge is 0.0818 e. The first-order valence-electron chi connectivity index (χ1n) is 5.02. The highest BCUT2D eigenvalue weighted by Gasteiger charge is 2.01. The van der Waals surface area contributed by atoms with Gasteiger partial charge in [-0.15, -0.1) is 23.7 Å². The van der Waals surface area contributed by atoms with Crippen LogP contribution >= 0.6 is 23.7 Å². The molecule has 0 aliphatic heterocycles. The number of aromatic nitrogens is 1. The molecule has 0 radical (unpaired) electrons. The second-order valence-corrected chi connectivity index (χ2v) is 4.54. The van der Waals surface area contributed by atoms with E-state index in [1.165, 1.54) is 15.8 Å². The number of nitrogen functional groups attached to an aromatic ring is 1. The van der Waals surface area contributed by atoms with Crippen molar-refractivity contribution in [1.29, 1.82) is 0 Å². The molecule has 0 unspecified atom stereocenters. The number of anilines is 1. The van der Waals surface area contributed by atoms with E-state index in [-0.39, 0.29) is 12.4 Å². The molecule has 0 saturated heterocycles. The fourth-order valence-corrected chi connectivity index (χ4v) is 2.37. The first kappa shape index (κ1) is 11.9. The largest absolute Gasteiger partial charge is 0.399 e. The van der Waals surface area contributed by atoms with Crippen molar-refractivity contribution in [2.75, 3.05) is 5.73 Å². The maximum Gasteiger partial charge on any atom is 0.0818 e. The summed E-state index contributed by atoms with van der Waals surface area (Å²) in [5.41, 5.74) is 11.7. The Hall–Kier alpha value is -1.58. The normalized spacial score (nSPS) is 10.1. The van der Waals surface area contributed by atoms with Crippen LogP contribution in [0.2, 0.25) is 0 Å². The Morgan fingerprint density at radius 2 is 1.65 bits per heavy atom. The molecule has 2 N–H and O–H groups in total. The van der Waals surface area contributed by atoms with Crippen LogP contribution in [-0.4, -0.2) is 4.98 Å². The maximum atomic E-state index is 5.67. The third-order valence-electron chi connectivity index (χ3n) is 2.57. The van der Waals surface area contributed by atoms with Gasteiger partial charge in [0.2, 0.25) is 0 Å². The van der Waals surface area contributed by atoms with Crippen molar-refractivity contribution in [2.24, 2.45) is 0 Å². The van der Waals surface area contributed by atoms with E-state index in [0.717, 1.165) is 11.2 Å². The van der Waals surface area contributed by atoms with Gasteiger partial charge in [0.25, 0.3) is 0 Å². The lowest BCUT2D eigenvalue weighted by Crippen LogP contribution is -1.83. The number of hydrogen-bond acceptors (Lipinski definition) is 3. The van der Waals surface area contributed by atoms with Crippen LogP contribution in [0.25, 0.3) is 21.3 Å². The van der Waals surface area contributed by atoms with Gasteiger partial charge in [-0.1, -0.05) is 18.2 Å². The average molecular weight is 263 g/mol. The zero-order valence-electron chi connectivity index (χ0n) is 8.96. The molecule has 0 atom stereocenters. The number of thiazole rings is 1. The highest BCUT2D eigenvalue weighted by atomic mass is 35.5. The number of hydrogen-bond donors (Lipinski definition) is 1. The zero-order chi connectivity index (χ0) is 11.0. The third-order valence-corrected chi connectivity index (χ3v) is 3.38. The van der Waals surface area contributed by atoms with Crippen LogP contribution in [-0.2, 0) is 0 Å². The van der Waals surface area contributed by atoms with E-state index in [1.807, 2.05) is 29.8 Å². The SMILES string of the molecule is Cl.Nc1ccc(-c2ccc3scnc3c2)cc1. The minimum absolute atomic E-state index is 0. The highest BCUT2D eigenvalue weighted by Crippen LogP contribution is 2.26. The summed E-state index contributed by atoms with van der Waals surface area (Å²) in [7, 11) is 0. The lowest BCUT2D eigenvalue weighted by molar-refractivity contribution is 1.50. The third kappa shape index (κ3) is 2.25. The van der Waals surface area contributed by atoms with Crippen molar-refractivity contribution in [2.45, 2.75) is 0 Å². The minimum atomic E-state index is 0. The predicted molar refractivity (Wildman–Crippen MR) is 76.7 cm³/mol. The van der Waals surface area contributed by atoms with Crippen LogP contribution in [0, 0.1) is 0 Å². The molecule has 3 aromatic rings. The molecule has 0 amide bonds. The molecule has 0 spiro atoms. The first-order valence-corrected chi connectivity index (χ1v) is 5.90. The molecule has 0 aliphatic carbocycles. The summed E-state index contributed by atoms with van der Waals surface area (Å²) in [6.45, 7) is 0. The molecule has 1 aromatic heterocycles. The fraction of sp³-hybridized carbons (Fsp3) is 0. The second-order valence-electron chi connectivity index (χ2n) is 3.66. The summed E-state index contributed by atoms with van der Waals surface area (Å²) in [6, 6.07) is 14.2. The molecular formula is C13H11ClN2S. The Labute approximate surface area is 110 Å². The molecule has 0 aliphatic rings. The van der Waals surface area contributed by atoms with Gasteiger partial charge >= 0.3 is 0 Å². The van der Waals surface area contributed by atoms with Gasteiger partial charge in [-0.2, -0.15) is 0 Å². The number of nitrogens with two attached hydrogens (primary N) is 1. The number of benzene rings is 2. The van der Waals surface area contributed by atoms with Crippen molar-refractivity contribution >= 4 is 39.6 Å². The van der Waals surface area contributed by atoms with E-state index in [2.05, 4.69) is 23.2 Å². The molecule has 2 aromatic carbocycles. The van der Waals surface area contributed by atoms with Gasteiger partial charge in [0, 0.05) is 5.69 Å². The van der Waals surface area contributed by atoms with Crippen molar-refractivity contribution in [3.05, 3.63) is 48.0 Å². The molecule has 1 heterocycles. The monoisotopic (exact) mass is 262 g/mol. The van der Waals surface area contributed by atoms with Crippen LogP contribution in [0.4, 0.5) is 5.69 Å². The van der Waals surface area contributed by atoms with Crippen LogP contribution in [0.3, 0.4) is 0 Å². The van der Waals surface area contributed by atoms with Crippen LogP contribution in [0.1, 0.15) is 0 Å². The maximum absolute atomic E-state index is 5.67. The molecule has 2 nitrogen and oxygen atoms in total. The predicted octanol–water partition coefficient (Wildman–Crippen LogP) is 3.97. The van der Waals surface area contributed by atoms with E-state index in [0.29, 0.717) is 0 Å². The minimum Gasteiger partial charge on any atom is -0.399 e. The van der Waals surface area contributed by atoms with Crippen LogP contribution in [0.15, 0.2) is 48.0 Å². The number of nitrogens with zero attached hydrogens (tertiary/aromatic N) is 1. The molecule has 0 saturated carbocycles. The topological polar surface area (TPSA) is 38.9 Å². The molecule has 86 valence electrons. The summed E-state index contributed by atoms with van der Waals surface area (Å²) < 4.78 is 1.22. The first-order chi connectivity index (χ1) is 7.83. The van der Waals surface area contributed by atoms with Gasteiger partial charge in [-0.25, -0.2) is 4.98 Å². The van der Waals surface area contributed by atoms with Crippen LogP contribution < -0.4 is 5.73 Å². The van der Waals surface area contributed by atoms with Gasteiger partial charge in [-0.05, 0) is 35.4 Å². The van der Waals surface area contributed by atoms with E-state index in [1.54, 1.807) is 11.3 Å². The fourth-order valence-electron chi connectivity index (χ4n) is 1.71. The summed E-state index contributed by atoms with van der Waals surface area (Å²) in [4.78, 5) is 4.32. The van der Waals surface area contributed by atoms with E-state index >= 15 is 0 Å². The zero-order valence-corrected chi connectivity index (χ0v) is 10.6. The van der Waals surface area contributed by atoms with Crippen molar-refractivity contribution in [3.63, 3.8) is 0 Å². The Kier molecular flexibility index (Phi) is 3.31. The second kappa shape index (κ2) is 4.73. The summed E-state index contributed by atoms with van der Waals surface area (Å²) in [5, 5.41) is 0. The number of rotatable bonds is 1. The Morgan fingerprint density at radius 3 is 2.41 bits per heavy atom. The molecule has 3 rings (SSSR count). The van der Waals surface area contributed by atoms with Gasteiger partial charge < -0.3 is 5.73 Å². The standard InChI is InChI=1S/C13H10N2S.ClH/c14-11-4-1-9(2-5-11)10-3-6-13-12(7-10)15-8-16-13;/h1-8H,14H2;1H. The number of halogens is 1. The molecule has 0 fully saturated rings. The Balaban J connectivity index is 0.00000108. The van der Waals surface area contributed by atoms with Crippen molar-refractivity contribution in [3.8, 4) is 11.1 Å². The molecule has 0 bridgehead atoms. The summed E-state index contributed by atoms with van der Waals surface area (Å²) in [5.74, 6) is 0. The summed E-state index contributed by atoms with van der Waals surface area (Å²) >= 11 is 1.66. The van der Waals surface area contributed by atoms with E-state index < -0.39 is 0 Å². The average Bonchev–Trinajstić information content (AvgIpc) is 2.77. The van der Waals surface area contributed by atoms with Crippen molar-refractivity contribution in [1.82, 2.24) is 4.98 Å². The van der Waals surface area contributed by atoms with Gasteiger partial charge in [0.15, 0.2) is 0 Å². The highest BCUT2D eigenvalue weighted by molar-refractivity contribution is 7.16. The molecular weight excluding hydrogens is 252 g/mol. The van der Waals surface area contributed by atoms with Gasteiger partial charge in [-0.3, -0.25) is 0 Å².